The van der Waals surface area contributed by atoms with Gasteiger partial charge in [-0.25, -0.2) is 0 Å². The summed E-state index contributed by atoms with van der Waals surface area (Å²) in [7, 11) is 7.08. The molecule has 0 bridgehead atoms. The molecule has 0 spiro atoms. The van der Waals surface area contributed by atoms with E-state index in [1.165, 1.54) is 21.6 Å². The third-order valence-electron chi connectivity index (χ3n) is 7.55. The van der Waals surface area contributed by atoms with Gasteiger partial charge in [0.2, 0.25) is 23.6 Å². The molecule has 1 aliphatic heterocycles. The standard InChI is InChI=1S/C31H54N4O6S/c1-30(2,3)24(36)14-11-12-16-35-27(39)21-23(29(35)41)42-19-13-15-26(38)34(10)22(20-25(37)31(4,5)6)28(40)33(9)18-17-32(7)8/h22-23H,11-21H2,1-10H3. The highest BCUT2D eigenvalue weighted by atomic mass is 32.2. The molecule has 240 valence electrons. The molecular weight excluding hydrogens is 556 g/mol. The lowest BCUT2D eigenvalue weighted by Gasteiger charge is -2.32. The second-order valence-corrected chi connectivity index (χ2v) is 15.0. The van der Waals surface area contributed by atoms with Crippen molar-refractivity contribution in [2.45, 2.75) is 97.8 Å². The average molecular weight is 611 g/mol. The smallest absolute Gasteiger partial charge is 0.245 e. The van der Waals surface area contributed by atoms with Gasteiger partial charge < -0.3 is 14.7 Å². The molecule has 2 unspecified atom stereocenters. The predicted octanol–water partition coefficient (Wildman–Crippen LogP) is 3.27. The number of carbonyl (C=O) groups excluding carboxylic acids is 6. The molecule has 1 fully saturated rings. The minimum Gasteiger partial charge on any atom is -0.343 e. The molecule has 0 N–H and O–H groups in total. The number of rotatable bonds is 17. The number of ketones is 2. The molecule has 42 heavy (non-hydrogen) atoms. The largest absolute Gasteiger partial charge is 0.343 e. The normalized spacial score (nSPS) is 16.6. The maximum absolute atomic E-state index is 13.3. The Hall–Kier alpha value is -2.27. The molecule has 1 aliphatic rings. The predicted molar refractivity (Wildman–Crippen MR) is 167 cm³/mol. The van der Waals surface area contributed by atoms with Crippen molar-refractivity contribution >= 4 is 47.0 Å². The zero-order chi connectivity index (χ0) is 32.4. The highest BCUT2D eigenvalue weighted by molar-refractivity contribution is 8.00. The molecule has 0 saturated carbocycles. The Morgan fingerprint density at radius 1 is 0.857 bits per heavy atom. The first-order valence-corrected chi connectivity index (χ1v) is 16.0. The first-order valence-electron chi connectivity index (χ1n) is 14.9. The van der Waals surface area contributed by atoms with E-state index >= 15 is 0 Å². The van der Waals surface area contributed by atoms with Crippen molar-refractivity contribution in [3.05, 3.63) is 0 Å². The van der Waals surface area contributed by atoms with Crippen LogP contribution in [0.25, 0.3) is 0 Å². The average Bonchev–Trinajstić information content (AvgIpc) is 3.15. The molecule has 0 aromatic carbocycles. The maximum Gasteiger partial charge on any atom is 0.245 e. The number of likely N-dealkylation sites (N-methyl/N-ethyl adjacent to an activating group) is 3. The summed E-state index contributed by atoms with van der Waals surface area (Å²) in [4.78, 5) is 82.8. The van der Waals surface area contributed by atoms with Gasteiger partial charge in [-0.05, 0) is 39.1 Å². The van der Waals surface area contributed by atoms with Gasteiger partial charge in [-0.2, -0.15) is 0 Å². The van der Waals surface area contributed by atoms with Gasteiger partial charge in [-0.15, -0.1) is 11.8 Å². The molecule has 1 rings (SSSR count). The van der Waals surface area contributed by atoms with Gasteiger partial charge in [0.1, 0.15) is 17.6 Å². The Morgan fingerprint density at radius 2 is 1.45 bits per heavy atom. The van der Waals surface area contributed by atoms with Crippen LogP contribution in [0.15, 0.2) is 0 Å². The van der Waals surface area contributed by atoms with E-state index in [4.69, 9.17) is 0 Å². The van der Waals surface area contributed by atoms with Gasteiger partial charge in [0, 0.05) is 70.2 Å². The van der Waals surface area contributed by atoms with Crippen molar-refractivity contribution in [3.63, 3.8) is 0 Å². The summed E-state index contributed by atoms with van der Waals surface area (Å²) < 4.78 is 0. The second kappa shape index (κ2) is 16.5. The summed E-state index contributed by atoms with van der Waals surface area (Å²) >= 11 is 1.37. The molecule has 1 saturated heterocycles. The molecule has 4 amide bonds. The van der Waals surface area contributed by atoms with E-state index in [1.54, 1.807) is 39.8 Å². The molecule has 0 aliphatic carbocycles. The third kappa shape index (κ3) is 12.1. The van der Waals surface area contributed by atoms with E-state index in [9.17, 15) is 28.8 Å². The number of Topliss-reactive ketones (excluding diaryl/α,β-unsaturated/α-hetero) is 2. The lowest BCUT2D eigenvalue weighted by molar-refractivity contribution is -0.146. The van der Waals surface area contributed by atoms with Gasteiger partial charge in [0.15, 0.2) is 0 Å². The molecule has 0 radical (unpaired) electrons. The van der Waals surface area contributed by atoms with Gasteiger partial charge in [0.05, 0.1) is 5.25 Å². The molecule has 1 heterocycles. The fraction of sp³-hybridized carbons (Fsp3) is 0.806. The number of nitrogens with zero attached hydrogens (tertiary/aromatic N) is 4. The van der Waals surface area contributed by atoms with Crippen molar-refractivity contribution in [3.8, 4) is 0 Å². The van der Waals surface area contributed by atoms with Crippen molar-refractivity contribution < 1.29 is 28.8 Å². The number of thioether (sulfide) groups is 1. The number of unbranched alkanes of at least 4 members (excludes halogenated alkanes) is 1. The Kier molecular flexibility index (Phi) is 14.9. The van der Waals surface area contributed by atoms with E-state index in [0.717, 1.165) is 0 Å². The maximum atomic E-state index is 13.3. The molecule has 10 nitrogen and oxygen atoms in total. The Balaban J connectivity index is 2.64. The number of hydrogen-bond acceptors (Lipinski definition) is 8. The summed E-state index contributed by atoms with van der Waals surface area (Å²) in [6.45, 7) is 12.5. The minimum absolute atomic E-state index is 0.0511. The zero-order valence-corrected chi connectivity index (χ0v) is 28.4. The summed E-state index contributed by atoms with van der Waals surface area (Å²) in [5, 5.41) is -0.467. The first kappa shape index (κ1) is 37.8. The van der Waals surface area contributed by atoms with Crippen LogP contribution in [0.5, 0.6) is 0 Å². The van der Waals surface area contributed by atoms with Crippen molar-refractivity contribution in [1.29, 1.82) is 0 Å². The number of hydrogen-bond donors (Lipinski definition) is 0. The van der Waals surface area contributed by atoms with Crippen LogP contribution < -0.4 is 0 Å². The molecule has 11 heteroatoms. The summed E-state index contributed by atoms with van der Waals surface area (Å²) in [6, 6.07) is -0.884. The highest BCUT2D eigenvalue weighted by Crippen LogP contribution is 2.27. The number of imide groups is 1. The lowest BCUT2D eigenvalue weighted by Crippen LogP contribution is -2.51. The van der Waals surface area contributed by atoms with Crippen LogP contribution >= 0.6 is 11.8 Å². The van der Waals surface area contributed by atoms with Crippen molar-refractivity contribution in [2.24, 2.45) is 10.8 Å². The second-order valence-electron chi connectivity index (χ2n) is 13.6. The highest BCUT2D eigenvalue weighted by Gasteiger charge is 2.38. The quantitative estimate of drug-likeness (QED) is 0.182. The number of carbonyl (C=O) groups is 6. The Labute approximate surface area is 257 Å². The van der Waals surface area contributed by atoms with Gasteiger partial charge in [-0.1, -0.05) is 41.5 Å². The number of amides is 4. The monoisotopic (exact) mass is 610 g/mol. The van der Waals surface area contributed by atoms with Crippen molar-refractivity contribution in [1.82, 2.24) is 19.6 Å². The van der Waals surface area contributed by atoms with Gasteiger partial charge in [0.25, 0.3) is 0 Å². The summed E-state index contributed by atoms with van der Waals surface area (Å²) in [6.07, 6.45) is 2.40. The topological polar surface area (TPSA) is 115 Å². The van der Waals surface area contributed by atoms with Crippen LogP contribution in [0, 0.1) is 10.8 Å². The fourth-order valence-corrected chi connectivity index (χ4v) is 5.46. The lowest BCUT2D eigenvalue weighted by atomic mass is 9.86. The van der Waals surface area contributed by atoms with Crippen LogP contribution in [-0.2, 0) is 28.8 Å². The molecule has 0 aromatic rings. The van der Waals surface area contributed by atoms with Crippen LogP contribution in [0.3, 0.4) is 0 Å². The van der Waals surface area contributed by atoms with Crippen LogP contribution in [-0.4, -0.2) is 120 Å². The fourth-order valence-electron chi connectivity index (χ4n) is 4.33. The Bertz CT molecular complexity index is 985. The SMILES string of the molecule is CN(C)CCN(C)C(=O)C(CC(=O)C(C)(C)C)N(C)C(=O)CCCSC1CC(=O)N(CCCCC(=O)C(C)(C)C)C1=O. The van der Waals surface area contributed by atoms with E-state index in [1.807, 2.05) is 39.8 Å². The molecular formula is C31H54N4O6S. The van der Waals surface area contributed by atoms with E-state index < -0.39 is 16.7 Å². The minimum atomic E-state index is -0.884. The van der Waals surface area contributed by atoms with Crippen molar-refractivity contribution in [2.75, 3.05) is 53.6 Å². The molecule has 2 atom stereocenters. The van der Waals surface area contributed by atoms with Gasteiger partial charge >= 0.3 is 0 Å². The summed E-state index contributed by atoms with van der Waals surface area (Å²) in [5.74, 6) is -0.315. The van der Waals surface area contributed by atoms with E-state index in [-0.39, 0.29) is 59.9 Å². The third-order valence-corrected chi connectivity index (χ3v) is 8.84. The van der Waals surface area contributed by atoms with E-state index in [2.05, 4.69) is 0 Å². The van der Waals surface area contributed by atoms with Crippen LogP contribution in [0.4, 0.5) is 0 Å². The first-order chi connectivity index (χ1) is 19.3. The zero-order valence-electron chi connectivity index (χ0n) is 27.6. The van der Waals surface area contributed by atoms with E-state index in [0.29, 0.717) is 51.1 Å². The van der Waals surface area contributed by atoms with Crippen LogP contribution in [0.2, 0.25) is 0 Å². The number of likely N-dealkylation sites (tertiary alicyclic amines) is 1. The summed E-state index contributed by atoms with van der Waals surface area (Å²) in [5.41, 5.74) is -1.02. The molecule has 0 aromatic heterocycles. The Morgan fingerprint density at radius 3 is 2.00 bits per heavy atom. The van der Waals surface area contributed by atoms with Gasteiger partial charge in [-0.3, -0.25) is 33.7 Å². The van der Waals surface area contributed by atoms with Crippen LogP contribution in [0.1, 0.15) is 86.5 Å².